The summed E-state index contributed by atoms with van der Waals surface area (Å²) in [5.74, 6) is -4.40. The van der Waals surface area contributed by atoms with Crippen LogP contribution in [0.1, 0.15) is 20.1 Å². The molecule has 0 unspecified atom stereocenters. The van der Waals surface area contributed by atoms with Crippen molar-refractivity contribution in [1.29, 1.82) is 0 Å². The quantitative estimate of drug-likeness (QED) is 0.289. The number of Topliss-reactive ketones (excluding diaryl/α,β-unsaturated/α-hetero) is 1. The van der Waals surface area contributed by atoms with E-state index < -0.39 is 25.0 Å². The van der Waals surface area contributed by atoms with Crippen molar-refractivity contribution >= 4 is 11.8 Å². The Balaban J connectivity index is -0.000000605. The fraction of sp³-hybridized carbons (Fsp3) is 0.500. The second kappa shape index (κ2) is 8.10. The fourth-order valence-electron chi connectivity index (χ4n) is 0.0510. The first-order chi connectivity index (χ1) is 5.10. The third-order valence-electron chi connectivity index (χ3n) is 0.299. The van der Waals surface area contributed by atoms with Crippen LogP contribution in [0.25, 0.3) is 0 Å². The summed E-state index contributed by atoms with van der Waals surface area (Å²) in [5.41, 5.74) is 0. The Morgan fingerprint density at radius 2 is 2.22 bits per heavy atom. The third kappa shape index (κ3) is 8.10. The normalized spacial score (nSPS) is 17.6. The summed E-state index contributed by atoms with van der Waals surface area (Å²) in [6.45, 7) is -3.29. The van der Waals surface area contributed by atoms with E-state index in [2.05, 4.69) is 0 Å². The Kier molecular flexibility index (Phi) is 4.36. The van der Waals surface area contributed by atoms with Crippen LogP contribution in [0.5, 0.6) is 0 Å². The molecule has 0 heterocycles. The van der Waals surface area contributed by atoms with Crippen molar-refractivity contribution in [2.24, 2.45) is 0 Å². The van der Waals surface area contributed by atoms with E-state index in [4.69, 9.17) is 6.85 Å². The summed E-state index contributed by atoms with van der Waals surface area (Å²) in [6, 6.07) is 0. The zero-order valence-corrected chi connectivity index (χ0v) is 6.72. The van der Waals surface area contributed by atoms with Gasteiger partial charge in [0.1, 0.15) is 5.97 Å². The first kappa shape index (κ1) is 4.85. The number of carboxylic acid groups (broad SMARTS) is 1. The molecule has 0 saturated carbocycles. The molecule has 0 aromatic carbocycles. The van der Waals surface area contributed by atoms with E-state index in [0.717, 1.165) is 0 Å². The summed E-state index contributed by atoms with van der Waals surface area (Å²) in [4.78, 5) is 20.3. The van der Waals surface area contributed by atoms with Gasteiger partial charge in [-0.2, -0.15) is 0 Å². The van der Waals surface area contributed by atoms with E-state index >= 15 is 0 Å². The van der Waals surface area contributed by atoms with Crippen LogP contribution in [0.4, 0.5) is 0 Å². The van der Waals surface area contributed by atoms with Crippen LogP contribution in [-0.2, 0) is 9.59 Å². The molecule has 0 aliphatic carbocycles. The standard InChI is InChI=1S/C4H6O3.Na.H2O/c1-2-3(5)4(6)7;;/h2H2,1H3,(H,6,7);;1H2/q;+1;/p-1/i1D3,2D2;;. The molecular weight excluding hydrogens is 135 g/mol. The van der Waals surface area contributed by atoms with Crippen molar-refractivity contribution < 1.29 is 56.6 Å². The van der Waals surface area contributed by atoms with E-state index in [0.29, 0.717) is 0 Å². The fourth-order valence-corrected chi connectivity index (χ4v) is 0.0510. The Hall–Kier alpha value is 0.100. The van der Waals surface area contributed by atoms with Gasteiger partial charge in [-0.25, -0.2) is 0 Å². The molecule has 48 valence electrons. The Bertz CT molecular complexity index is 224. The zero-order valence-electron chi connectivity index (χ0n) is 9.72. The Morgan fingerprint density at radius 3 is 2.33 bits per heavy atom. The number of ketones is 1. The minimum atomic E-state index is -3.38. The van der Waals surface area contributed by atoms with Crippen LogP contribution in [0, 0.1) is 0 Å². The summed E-state index contributed by atoms with van der Waals surface area (Å²) < 4.78 is 32.8. The number of carboxylic acids is 1. The van der Waals surface area contributed by atoms with Gasteiger partial charge in [0.05, 0.1) is 0 Å². The maximum Gasteiger partial charge on any atom is 1.00 e. The number of aliphatic carboxylic acids is 1. The molecule has 2 N–H and O–H groups in total. The van der Waals surface area contributed by atoms with Crippen LogP contribution in [0.2, 0.25) is 0 Å². The van der Waals surface area contributed by atoms with Crippen molar-refractivity contribution in [3.8, 4) is 0 Å². The first-order valence-corrected chi connectivity index (χ1v) is 1.36. The van der Waals surface area contributed by atoms with Gasteiger partial charge in [0.25, 0.3) is 0 Å². The third-order valence-corrected chi connectivity index (χ3v) is 0.299. The molecule has 0 amide bonds. The topological polar surface area (TPSA) is 88.7 Å². The monoisotopic (exact) mass is 147 g/mol. The Morgan fingerprint density at radius 1 is 1.78 bits per heavy atom. The van der Waals surface area contributed by atoms with Crippen molar-refractivity contribution in [2.45, 2.75) is 13.2 Å². The van der Waals surface area contributed by atoms with Crippen molar-refractivity contribution in [3.63, 3.8) is 0 Å². The number of carbonyl (C=O) groups is 2. The molecule has 4 nitrogen and oxygen atoms in total. The smallest absolute Gasteiger partial charge is 0.542 e. The van der Waals surface area contributed by atoms with Crippen LogP contribution in [0.3, 0.4) is 0 Å². The molecule has 0 aromatic heterocycles. The second-order valence-corrected chi connectivity index (χ2v) is 0.742. The van der Waals surface area contributed by atoms with Gasteiger partial charge in [0.2, 0.25) is 0 Å². The molecule has 0 spiro atoms. The molecule has 5 heteroatoms. The van der Waals surface area contributed by atoms with Gasteiger partial charge in [0, 0.05) is 13.2 Å². The SMILES string of the molecule is O.[2H]C([2H])([2H])C([2H])([2H])C(=O)C(=O)[O-].[Na+]. The average molecular weight is 147 g/mol. The first-order valence-electron chi connectivity index (χ1n) is 3.86. The maximum absolute atomic E-state index is 10.4. The summed E-state index contributed by atoms with van der Waals surface area (Å²) in [5, 5.41) is 9.84. The maximum atomic E-state index is 10.4. The zero-order chi connectivity index (χ0) is 10.2. The predicted molar refractivity (Wildman–Crippen MR) is 23.9 cm³/mol. The molecule has 0 radical (unpaired) electrons. The van der Waals surface area contributed by atoms with Crippen LogP contribution in [0.15, 0.2) is 0 Å². The molecular formula is C4H7NaO4. The van der Waals surface area contributed by atoms with E-state index in [1.165, 1.54) is 0 Å². The van der Waals surface area contributed by atoms with E-state index in [9.17, 15) is 14.7 Å². The van der Waals surface area contributed by atoms with Gasteiger partial charge >= 0.3 is 29.6 Å². The van der Waals surface area contributed by atoms with E-state index in [1.54, 1.807) is 0 Å². The molecule has 9 heavy (non-hydrogen) atoms. The minimum absolute atomic E-state index is 0. The van der Waals surface area contributed by atoms with Crippen molar-refractivity contribution in [3.05, 3.63) is 0 Å². The molecule has 0 bridgehead atoms. The molecule has 0 aliphatic rings. The predicted octanol–water partition coefficient (Wildman–Crippen LogP) is -5.11. The summed E-state index contributed by atoms with van der Waals surface area (Å²) in [7, 11) is 0. The molecule has 0 aromatic rings. The van der Waals surface area contributed by atoms with Crippen molar-refractivity contribution in [1.82, 2.24) is 0 Å². The van der Waals surface area contributed by atoms with E-state index in [1.807, 2.05) is 0 Å². The van der Waals surface area contributed by atoms with Gasteiger partial charge in [0.15, 0.2) is 5.78 Å². The van der Waals surface area contributed by atoms with Gasteiger partial charge in [-0.1, -0.05) is 6.85 Å². The van der Waals surface area contributed by atoms with Crippen molar-refractivity contribution in [2.75, 3.05) is 0 Å². The van der Waals surface area contributed by atoms with Crippen LogP contribution < -0.4 is 34.7 Å². The summed E-state index contributed by atoms with van der Waals surface area (Å²) in [6.07, 6.45) is -3.38. The molecule has 0 fully saturated rings. The number of rotatable bonds is 2. The van der Waals surface area contributed by atoms with Gasteiger partial charge < -0.3 is 15.4 Å². The second-order valence-electron chi connectivity index (χ2n) is 0.742. The summed E-state index contributed by atoms with van der Waals surface area (Å²) >= 11 is 0. The number of carbonyl (C=O) groups excluding carboxylic acids is 2. The Labute approximate surface area is 81.9 Å². The largest absolute Gasteiger partial charge is 1.00 e. The number of hydrogen-bond donors (Lipinski definition) is 0. The number of hydrogen-bond acceptors (Lipinski definition) is 3. The van der Waals surface area contributed by atoms with Gasteiger partial charge in [-0.3, -0.25) is 4.79 Å². The molecule has 0 atom stereocenters. The average Bonchev–Trinajstić information content (AvgIpc) is 1.83. The van der Waals surface area contributed by atoms with Gasteiger partial charge in [-0.05, 0) is 0 Å². The van der Waals surface area contributed by atoms with Gasteiger partial charge in [-0.15, -0.1) is 0 Å². The van der Waals surface area contributed by atoms with Crippen LogP contribution >= 0.6 is 0 Å². The van der Waals surface area contributed by atoms with Crippen LogP contribution in [-0.4, -0.2) is 17.2 Å². The van der Waals surface area contributed by atoms with E-state index in [-0.39, 0.29) is 35.0 Å². The minimum Gasteiger partial charge on any atom is -0.542 e. The molecule has 0 rings (SSSR count). The molecule has 0 saturated heterocycles. The molecule has 0 aliphatic heterocycles.